The fourth-order valence-corrected chi connectivity index (χ4v) is 4.59. The van der Waals surface area contributed by atoms with E-state index < -0.39 is 22.4 Å². The molecule has 8 nitrogen and oxygen atoms in total. The molecule has 1 amide bonds. The molecule has 0 N–H and O–H groups in total. The number of nitrogens with zero attached hydrogens (tertiary/aromatic N) is 3. The van der Waals surface area contributed by atoms with E-state index in [4.69, 9.17) is 4.74 Å². The smallest absolute Gasteiger partial charge is 0.342 e. The van der Waals surface area contributed by atoms with Crippen molar-refractivity contribution in [3.8, 4) is 0 Å². The maximum atomic E-state index is 12.5. The molecule has 25 heavy (non-hydrogen) atoms. The molecule has 2 rings (SSSR count). The van der Waals surface area contributed by atoms with Crippen LogP contribution in [0.3, 0.4) is 0 Å². The SMILES string of the molecule is Cc1c(C(=O)OCC(=O)N(CC(C)C)C2CCS(=O)(=O)C2)cnn1C. The highest BCUT2D eigenvalue weighted by Crippen LogP contribution is 2.19. The van der Waals surface area contributed by atoms with Gasteiger partial charge in [0.1, 0.15) is 5.56 Å². The molecule has 1 aromatic heterocycles. The van der Waals surface area contributed by atoms with Crippen LogP contribution >= 0.6 is 0 Å². The third-order valence-corrected chi connectivity index (χ3v) is 6.06. The second kappa shape index (κ2) is 7.55. The third kappa shape index (κ3) is 4.81. The van der Waals surface area contributed by atoms with Gasteiger partial charge in [-0.1, -0.05) is 13.8 Å². The molecule has 1 aliphatic heterocycles. The first-order valence-corrected chi connectivity index (χ1v) is 10.1. The molecule has 2 heterocycles. The zero-order chi connectivity index (χ0) is 18.8. The van der Waals surface area contributed by atoms with Crippen molar-refractivity contribution in [1.82, 2.24) is 14.7 Å². The molecular formula is C16H25N3O5S. The molecule has 1 aromatic rings. The van der Waals surface area contributed by atoms with Gasteiger partial charge in [-0.15, -0.1) is 0 Å². The molecule has 1 aliphatic rings. The maximum Gasteiger partial charge on any atom is 0.342 e. The minimum absolute atomic E-state index is 0.0267. The molecule has 0 spiro atoms. The number of hydrogen-bond acceptors (Lipinski definition) is 6. The fraction of sp³-hybridized carbons (Fsp3) is 0.688. The minimum atomic E-state index is -3.10. The number of hydrogen-bond donors (Lipinski definition) is 0. The van der Waals surface area contributed by atoms with E-state index in [2.05, 4.69) is 5.10 Å². The third-order valence-electron chi connectivity index (χ3n) is 4.31. The van der Waals surface area contributed by atoms with Crippen LogP contribution in [0.5, 0.6) is 0 Å². The van der Waals surface area contributed by atoms with Gasteiger partial charge in [-0.05, 0) is 19.3 Å². The van der Waals surface area contributed by atoms with Crippen molar-refractivity contribution in [3.05, 3.63) is 17.5 Å². The van der Waals surface area contributed by atoms with Crippen LogP contribution < -0.4 is 0 Å². The van der Waals surface area contributed by atoms with Crippen molar-refractivity contribution in [2.24, 2.45) is 13.0 Å². The van der Waals surface area contributed by atoms with Crippen molar-refractivity contribution in [2.45, 2.75) is 33.2 Å². The Morgan fingerprint density at radius 2 is 2.12 bits per heavy atom. The van der Waals surface area contributed by atoms with Gasteiger partial charge in [0.2, 0.25) is 0 Å². The van der Waals surface area contributed by atoms with E-state index in [1.165, 1.54) is 6.20 Å². The van der Waals surface area contributed by atoms with Crippen LogP contribution in [0.25, 0.3) is 0 Å². The molecule has 0 aliphatic carbocycles. The number of carbonyl (C=O) groups is 2. The summed E-state index contributed by atoms with van der Waals surface area (Å²) in [5.41, 5.74) is 0.965. The highest BCUT2D eigenvalue weighted by molar-refractivity contribution is 7.91. The monoisotopic (exact) mass is 371 g/mol. The van der Waals surface area contributed by atoms with Crippen LogP contribution in [0.4, 0.5) is 0 Å². The summed E-state index contributed by atoms with van der Waals surface area (Å²) in [5.74, 6) is -0.730. The van der Waals surface area contributed by atoms with Crippen LogP contribution in [0.15, 0.2) is 6.20 Å². The Labute approximate surface area is 148 Å². The van der Waals surface area contributed by atoms with Gasteiger partial charge in [0.25, 0.3) is 5.91 Å². The van der Waals surface area contributed by atoms with Crippen molar-refractivity contribution < 1.29 is 22.7 Å². The summed E-state index contributed by atoms with van der Waals surface area (Å²) in [4.78, 5) is 26.2. The number of carbonyl (C=O) groups excluding carboxylic acids is 2. The topological polar surface area (TPSA) is 98.6 Å². The van der Waals surface area contributed by atoms with E-state index >= 15 is 0 Å². The highest BCUT2D eigenvalue weighted by atomic mass is 32.2. The summed E-state index contributed by atoms with van der Waals surface area (Å²) in [7, 11) is -1.39. The van der Waals surface area contributed by atoms with Gasteiger partial charge in [-0.2, -0.15) is 5.10 Å². The first-order chi connectivity index (χ1) is 11.6. The van der Waals surface area contributed by atoms with E-state index in [0.717, 1.165) is 0 Å². The average molecular weight is 371 g/mol. The van der Waals surface area contributed by atoms with E-state index in [1.807, 2.05) is 13.8 Å². The largest absolute Gasteiger partial charge is 0.452 e. The predicted octanol–water partition coefficient (Wildman–Crippen LogP) is 0.557. The molecule has 0 bridgehead atoms. The highest BCUT2D eigenvalue weighted by Gasteiger charge is 2.35. The molecule has 1 unspecified atom stereocenters. The lowest BCUT2D eigenvalue weighted by atomic mass is 10.1. The van der Waals surface area contributed by atoms with Gasteiger partial charge in [-0.25, -0.2) is 13.2 Å². The first kappa shape index (κ1) is 19.4. The molecule has 1 atom stereocenters. The Kier molecular flexibility index (Phi) is 5.87. The Hall–Kier alpha value is -1.90. The van der Waals surface area contributed by atoms with E-state index in [1.54, 1.807) is 23.6 Å². The lowest BCUT2D eigenvalue weighted by Gasteiger charge is -2.29. The van der Waals surface area contributed by atoms with Gasteiger partial charge in [0, 0.05) is 25.3 Å². The fourth-order valence-electron chi connectivity index (χ4n) is 2.86. The molecule has 0 aromatic carbocycles. The Bertz CT molecular complexity index is 754. The lowest BCUT2D eigenvalue weighted by molar-refractivity contribution is -0.137. The van der Waals surface area contributed by atoms with Crippen LogP contribution in [0, 0.1) is 12.8 Å². The molecule has 1 saturated heterocycles. The quantitative estimate of drug-likeness (QED) is 0.678. The van der Waals surface area contributed by atoms with E-state index in [9.17, 15) is 18.0 Å². The van der Waals surface area contributed by atoms with Crippen LogP contribution in [-0.2, 0) is 26.4 Å². The van der Waals surface area contributed by atoms with Crippen molar-refractivity contribution >= 4 is 21.7 Å². The van der Waals surface area contributed by atoms with Gasteiger partial charge in [0.05, 0.1) is 17.7 Å². The molecule has 140 valence electrons. The Morgan fingerprint density at radius 3 is 2.60 bits per heavy atom. The van der Waals surface area contributed by atoms with Gasteiger partial charge < -0.3 is 9.64 Å². The first-order valence-electron chi connectivity index (χ1n) is 8.26. The van der Waals surface area contributed by atoms with Crippen molar-refractivity contribution in [2.75, 3.05) is 24.7 Å². The summed E-state index contributed by atoms with van der Waals surface area (Å²) in [6.45, 7) is 5.67. The number of amides is 1. The number of ether oxygens (including phenoxy) is 1. The number of aromatic nitrogens is 2. The van der Waals surface area contributed by atoms with Gasteiger partial charge in [-0.3, -0.25) is 9.48 Å². The molecule has 0 radical (unpaired) electrons. The predicted molar refractivity (Wildman–Crippen MR) is 91.8 cm³/mol. The molecular weight excluding hydrogens is 346 g/mol. The van der Waals surface area contributed by atoms with Gasteiger partial charge >= 0.3 is 5.97 Å². The Morgan fingerprint density at radius 1 is 1.44 bits per heavy atom. The lowest BCUT2D eigenvalue weighted by Crippen LogP contribution is -2.45. The zero-order valence-electron chi connectivity index (χ0n) is 15.1. The molecule has 1 fully saturated rings. The molecule has 9 heteroatoms. The zero-order valence-corrected chi connectivity index (χ0v) is 15.9. The summed E-state index contributed by atoms with van der Waals surface area (Å²) < 4.78 is 30.1. The van der Waals surface area contributed by atoms with Crippen LogP contribution in [0.2, 0.25) is 0 Å². The molecule has 0 saturated carbocycles. The van der Waals surface area contributed by atoms with Gasteiger partial charge in [0.15, 0.2) is 16.4 Å². The van der Waals surface area contributed by atoms with Crippen LogP contribution in [-0.4, -0.2) is 65.7 Å². The second-order valence-electron chi connectivity index (χ2n) is 6.84. The van der Waals surface area contributed by atoms with E-state index in [0.29, 0.717) is 24.2 Å². The standard InChI is InChI=1S/C16H25N3O5S/c1-11(2)8-19(13-5-6-25(22,23)10-13)15(20)9-24-16(21)14-7-17-18(4)12(14)3/h7,11,13H,5-6,8-10H2,1-4H3. The number of sulfone groups is 1. The van der Waals surface area contributed by atoms with Crippen molar-refractivity contribution in [3.63, 3.8) is 0 Å². The summed E-state index contributed by atoms with van der Waals surface area (Å²) >= 11 is 0. The number of esters is 1. The minimum Gasteiger partial charge on any atom is -0.452 e. The second-order valence-corrected chi connectivity index (χ2v) is 9.07. The van der Waals surface area contributed by atoms with Crippen molar-refractivity contribution in [1.29, 1.82) is 0 Å². The normalized spacial score (nSPS) is 19.2. The Balaban J connectivity index is 2.02. The van der Waals surface area contributed by atoms with Crippen LogP contribution in [0.1, 0.15) is 36.3 Å². The number of rotatable bonds is 6. The average Bonchev–Trinajstić information content (AvgIpc) is 3.05. The van der Waals surface area contributed by atoms with E-state index in [-0.39, 0.29) is 29.4 Å². The summed E-state index contributed by atoms with van der Waals surface area (Å²) in [5, 5.41) is 3.97. The summed E-state index contributed by atoms with van der Waals surface area (Å²) in [6.07, 6.45) is 1.83. The number of aryl methyl sites for hydroxylation is 1. The maximum absolute atomic E-state index is 12.5. The summed E-state index contributed by atoms with van der Waals surface area (Å²) in [6, 6.07) is -0.348.